The quantitative estimate of drug-likeness (QED) is 0.655. The van der Waals surface area contributed by atoms with E-state index in [1.54, 1.807) is 0 Å². The van der Waals surface area contributed by atoms with Crippen molar-refractivity contribution < 1.29 is 4.42 Å². The van der Waals surface area contributed by atoms with E-state index in [1.165, 1.54) is 12.8 Å². The second-order valence-corrected chi connectivity index (χ2v) is 4.79. The molecule has 0 unspecified atom stereocenters. The van der Waals surface area contributed by atoms with Crippen LogP contribution in [0.3, 0.4) is 0 Å². The molecule has 0 amide bonds. The fourth-order valence-corrected chi connectivity index (χ4v) is 2.78. The van der Waals surface area contributed by atoms with E-state index in [0.717, 1.165) is 40.1 Å². The Morgan fingerprint density at radius 3 is 2.94 bits per heavy atom. The lowest BCUT2D eigenvalue weighted by Crippen LogP contribution is -2.15. The maximum Gasteiger partial charge on any atom is 0.231 e. The van der Waals surface area contributed by atoms with Gasteiger partial charge in [0.25, 0.3) is 0 Å². The minimum Gasteiger partial charge on any atom is -0.443 e. The summed E-state index contributed by atoms with van der Waals surface area (Å²) >= 11 is 5.54. The molecule has 0 N–H and O–H groups in total. The van der Waals surface area contributed by atoms with E-state index in [2.05, 4.69) is 16.5 Å². The first kappa shape index (κ1) is 10.0. The molecular weight excluding hydrogens is 220 g/mol. The number of hydrogen-bond acceptors (Lipinski definition) is 3. The molecule has 0 bridgehead atoms. The Bertz CT molecular complexity index is 624. The number of nitrogens with zero attached hydrogens (tertiary/aromatic N) is 2. The molecule has 0 spiro atoms. The van der Waals surface area contributed by atoms with E-state index in [0.29, 0.717) is 5.71 Å². The molecule has 2 aromatic heterocycles. The van der Waals surface area contributed by atoms with E-state index >= 15 is 0 Å². The highest BCUT2D eigenvalue weighted by Crippen LogP contribution is 2.26. The van der Waals surface area contributed by atoms with Crippen LogP contribution >= 0.6 is 12.2 Å². The molecular formula is C12H14N2OS. The van der Waals surface area contributed by atoms with Gasteiger partial charge in [-0.3, -0.25) is 0 Å². The lowest BCUT2D eigenvalue weighted by molar-refractivity contribution is 0.497. The third-order valence-corrected chi connectivity index (χ3v) is 3.82. The zero-order chi connectivity index (χ0) is 11.3. The maximum absolute atomic E-state index is 5.65. The SMILES string of the molecule is Cc1oc2nc3n(c(=S)c2c1C)CCCC3. The molecule has 0 aliphatic carbocycles. The lowest BCUT2D eigenvalue weighted by atomic mass is 10.1. The highest BCUT2D eigenvalue weighted by Gasteiger charge is 2.17. The third kappa shape index (κ3) is 1.26. The van der Waals surface area contributed by atoms with Crippen LogP contribution in [0.5, 0.6) is 0 Å². The molecule has 4 heteroatoms. The van der Waals surface area contributed by atoms with Gasteiger partial charge in [-0.15, -0.1) is 0 Å². The van der Waals surface area contributed by atoms with Crippen molar-refractivity contribution in [2.75, 3.05) is 0 Å². The summed E-state index contributed by atoms with van der Waals surface area (Å²) in [5, 5.41) is 1.03. The largest absolute Gasteiger partial charge is 0.443 e. The summed E-state index contributed by atoms with van der Waals surface area (Å²) in [4.78, 5) is 4.59. The zero-order valence-electron chi connectivity index (χ0n) is 9.54. The summed E-state index contributed by atoms with van der Waals surface area (Å²) in [5.41, 5.74) is 1.85. The van der Waals surface area contributed by atoms with Gasteiger partial charge in [0.2, 0.25) is 5.71 Å². The molecule has 16 heavy (non-hydrogen) atoms. The van der Waals surface area contributed by atoms with Crippen LogP contribution < -0.4 is 0 Å². The maximum atomic E-state index is 5.65. The average molecular weight is 234 g/mol. The number of furan rings is 1. The third-order valence-electron chi connectivity index (χ3n) is 3.40. The number of fused-ring (bicyclic) bond motifs is 2. The Balaban J connectivity index is 2.44. The first-order chi connectivity index (χ1) is 7.68. The van der Waals surface area contributed by atoms with Crippen LogP contribution in [0.1, 0.15) is 30.0 Å². The fourth-order valence-electron chi connectivity index (χ4n) is 2.34. The molecule has 1 aliphatic heterocycles. The summed E-state index contributed by atoms with van der Waals surface area (Å²) in [7, 11) is 0. The smallest absolute Gasteiger partial charge is 0.231 e. The van der Waals surface area contributed by atoms with Gasteiger partial charge in [-0.1, -0.05) is 12.2 Å². The molecule has 0 radical (unpaired) electrons. The van der Waals surface area contributed by atoms with Crippen LogP contribution in [-0.4, -0.2) is 9.55 Å². The van der Waals surface area contributed by atoms with Crippen molar-refractivity contribution in [1.29, 1.82) is 0 Å². The Morgan fingerprint density at radius 1 is 1.31 bits per heavy atom. The first-order valence-electron chi connectivity index (χ1n) is 5.68. The van der Waals surface area contributed by atoms with Gasteiger partial charge in [-0.2, -0.15) is 4.98 Å². The van der Waals surface area contributed by atoms with Crippen molar-refractivity contribution in [2.24, 2.45) is 0 Å². The average Bonchev–Trinajstić information content (AvgIpc) is 2.55. The van der Waals surface area contributed by atoms with E-state index in [9.17, 15) is 0 Å². The summed E-state index contributed by atoms with van der Waals surface area (Å²) in [5.74, 6) is 2.01. The van der Waals surface area contributed by atoms with Crippen LogP contribution in [0.15, 0.2) is 4.42 Å². The first-order valence-corrected chi connectivity index (χ1v) is 6.08. The number of hydrogen-bond donors (Lipinski definition) is 0. The van der Waals surface area contributed by atoms with E-state index in [4.69, 9.17) is 16.6 Å². The molecule has 0 saturated heterocycles. The molecule has 0 aromatic carbocycles. The molecule has 3 rings (SSSR count). The number of rotatable bonds is 0. The fraction of sp³-hybridized carbons (Fsp3) is 0.500. The monoisotopic (exact) mass is 234 g/mol. The van der Waals surface area contributed by atoms with E-state index in [-0.39, 0.29) is 0 Å². The Kier molecular flexibility index (Phi) is 2.14. The van der Waals surface area contributed by atoms with Crippen molar-refractivity contribution in [3.05, 3.63) is 21.8 Å². The minimum absolute atomic E-state index is 0.716. The van der Waals surface area contributed by atoms with Gasteiger partial charge >= 0.3 is 0 Å². The van der Waals surface area contributed by atoms with Crippen molar-refractivity contribution in [3.63, 3.8) is 0 Å². The molecule has 0 fully saturated rings. The summed E-state index contributed by atoms with van der Waals surface area (Å²) in [6, 6.07) is 0. The summed E-state index contributed by atoms with van der Waals surface area (Å²) < 4.78 is 8.72. The Hall–Kier alpha value is -1.16. The van der Waals surface area contributed by atoms with Gasteiger partial charge in [0.15, 0.2) is 0 Å². The second-order valence-electron chi connectivity index (χ2n) is 4.41. The molecule has 0 atom stereocenters. The topological polar surface area (TPSA) is 31.0 Å². The van der Waals surface area contributed by atoms with Crippen molar-refractivity contribution in [2.45, 2.75) is 39.7 Å². The lowest BCUT2D eigenvalue weighted by Gasteiger charge is -2.17. The van der Waals surface area contributed by atoms with Gasteiger partial charge in [0.1, 0.15) is 16.2 Å². The van der Waals surface area contributed by atoms with Gasteiger partial charge < -0.3 is 8.98 Å². The van der Waals surface area contributed by atoms with Crippen molar-refractivity contribution in [1.82, 2.24) is 9.55 Å². The summed E-state index contributed by atoms with van der Waals surface area (Å²) in [6.07, 6.45) is 3.41. The van der Waals surface area contributed by atoms with Crippen LogP contribution in [0.4, 0.5) is 0 Å². The van der Waals surface area contributed by atoms with Crippen LogP contribution in [-0.2, 0) is 13.0 Å². The molecule has 1 aliphatic rings. The number of aromatic nitrogens is 2. The van der Waals surface area contributed by atoms with Crippen LogP contribution in [0, 0.1) is 18.5 Å². The highest BCUT2D eigenvalue weighted by atomic mass is 32.1. The predicted molar refractivity (Wildman–Crippen MR) is 65.2 cm³/mol. The van der Waals surface area contributed by atoms with Gasteiger partial charge in [-0.25, -0.2) is 0 Å². The Morgan fingerprint density at radius 2 is 2.12 bits per heavy atom. The predicted octanol–water partition coefficient (Wildman–Crippen LogP) is 3.31. The Labute approximate surface area is 99.1 Å². The molecule has 2 aromatic rings. The van der Waals surface area contributed by atoms with Crippen LogP contribution in [0.25, 0.3) is 11.1 Å². The van der Waals surface area contributed by atoms with E-state index in [1.807, 2.05) is 6.92 Å². The number of aryl methyl sites for hydroxylation is 3. The standard InChI is InChI=1S/C12H14N2OS/c1-7-8(2)15-11-10(7)12(16)14-6-4-3-5-9(14)13-11/h3-6H2,1-2H3. The zero-order valence-corrected chi connectivity index (χ0v) is 10.4. The van der Waals surface area contributed by atoms with Crippen molar-refractivity contribution >= 4 is 23.3 Å². The highest BCUT2D eigenvalue weighted by molar-refractivity contribution is 7.71. The van der Waals surface area contributed by atoms with E-state index < -0.39 is 0 Å². The molecule has 0 saturated carbocycles. The van der Waals surface area contributed by atoms with Crippen LogP contribution in [0.2, 0.25) is 0 Å². The van der Waals surface area contributed by atoms with Crippen molar-refractivity contribution in [3.8, 4) is 0 Å². The van der Waals surface area contributed by atoms with Gasteiger partial charge in [0, 0.05) is 18.5 Å². The molecule has 3 heterocycles. The van der Waals surface area contributed by atoms with Gasteiger partial charge in [-0.05, 0) is 26.7 Å². The second kappa shape index (κ2) is 3.42. The molecule has 3 nitrogen and oxygen atoms in total. The normalized spacial score (nSPS) is 15.4. The minimum atomic E-state index is 0.716. The summed E-state index contributed by atoms with van der Waals surface area (Å²) in [6.45, 7) is 5.02. The van der Waals surface area contributed by atoms with Gasteiger partial charge in [0.05, 0.1) is 5.39 Å². The molecule has 84 valence electrons.